The van der Waals surface area contributed by atoms with Crippen molar-refractivity contribution in [1.82, 2.24) is 0 Å². The van der Waals surface area contributed by atoms with Crippen LogP contribution in [0.4, 0.5) is 0 Å². The number of hydrogen-bond acceptors (Lipinski definition) is 5. The van der Waals surface area contributed by atoms with Crippen LogP contribution in [0.25, 0.3) is 0 Å². The van der Waals surface area contributed by atoms with Gasteiger partial charge < -0.3 is 14.2 Å². The molecule has 0 bridgehead atoms. The van der Waals surface area contributed by atoms with Gasteiger partial charge in [0.05, 0.1) is 19.5 Å². The van der Waals surface area contributed by atoms with Crippen LogP contribution in [-0.2, 0) is 10.5 Å². The van der Waals surface area contributed by atoms with Crippen molar-refractivity contribution in [2.24, 2.45) is 0 Å². The third-order valence-corrected chi connectivity index (χ3v) is 6.83. The van der Waals surface area contributed by atoms with E-state index in [1.165, 1.54) is 5.56 Å². The van der Waals surface area contributed by atoms with E-state index in [-0.39, 0.29) is 5.25 Å². The van der Waals surface area contributed by atoms with Gasteiger partial charge in [-0.05, 0) is 41.0 Å². The molecular formula is C25H24Cl3NO3S. The number of halogens is 3. The van der Waals surface area contributed by atoms with Crippen molar-refractivity contribution in [1.29, 1.82) is 5.41 Å². The molecule has 3 aromatic carbocycles. The summed E-state index contributed by atoms with van der Waals surface area (Å²) < 4.78 is 14.7. The summed E-state index contributed by atoms with van der Waals surface area (Å²) in [6, 6.07) is 25.4. The quantitative estimate of drug-likeness (QED) is 0.176. The summed E-state index contributed by atoms with van der Waals surface area (Å²) in [7, 11) is 3.24. The summed E-state index contributed by atoms with van der Waals surface area (Å²) in [6.45, 7) is 0. The second kappa shape index (κ2) is 11.9. The SMILES string of the molecule is COc1ccc([C@@H](OC(=N)C(Cl)(Cl)Cl)[C@H](SCc2ccccc2)c2ccc(OC)cc2)cc1. The van der Waals surface area contributed by atoms with E-state index in [0.717, 1.165) is 22.6 Å². The van der Waals surface area contributed by atoms with Crippen molar-refractivity contribution in [3.05, 3.63) is 95.6 Å². The van der Waals surface area contributed by atoms with E-state index in [2.05, 4.69) is 12.1 Å². The Morgan fingerprint density at radius 2 is 1.33 bits per heavy atom. The number of thioether (sulfide) groups is 1. The van der Waals surface area contributed by atoms with Crippen LogP contribution in [0.5, 0.6) is 11.5 Å². The van der Waals surface area contributed by atoms with Crippen LogP contribution in [0.3, 0.4) is 0 Å². The van der Waals surface area contributed by atoms with Gasteiger partial charge in [0, 0.05) is 5.75 Å². The third-order valence-electron chi connectivity index (χ3n) is 4.94. The maximum atomic E-state index is 8.24. The van der Waals surface area contributed by atoms with E-state index in [1.807, 2.05) is 66.7 Å². The van der Waals surface area contributed by atoms with Crippen molar-refractivity contribution in [2.45, 2.75) is 20.9 Å². The molecule has 33 heavy (non-hydrogen) atoms. The molecule has 3 aromatic rings. The third kappa shape index (κ3) is 7.21. The summed E-state index contributed by atoms with van der Waals surface area (Å²) >= 11 is 19.6. The van der Waals surface area contributed by atoms with Gasteiger partial charge in [-0.2, -0.15) is 0 Å². The molecule has 0 radical (unpaired) electrons. The van der Waals surface area contributed by atoms with Gasteiger partial charge >= 0.3 is 0 Å². The molecule has 2 atom stereocenters. The maximum absolute atomic E-state index is 8.24. The number of alkyl halides is 3. The van der Waals surface area contributed by atoms with Gasteiger partial charge in [-0.25, -0.2) is 0 Å². The van der Waals surface area contributed by atoms with E-state index in [0.29, 0.717) is 5.75 Å². The van der Waals surface area contributed by atoms with Crippen molar-refractivity contribution >= 4 is 52.5 Å². The molecule has 0 unspecified atom stereocenters. The fourth-order valence-corrected chi connectivity index (χ4v) is 4.64. The first-order chi connectivity index (χ1) is 15.8. The van der Waals surface area contributed by atoms with Crippen LogP contribution in [0, 0.1) is 5.41 Å². The summed E-state index contributed by atoms with van der Waals surface area (Å²) in [6.07, 6.45) is -0.596. The molecule has 0 aliphatic carbocycles. The molecule has 8 heteroatoms. The Kier molecular flexibility index (Phi) is 9.21. The number of ether oxygens (including phenoxy) is 3. The molecule has 3 rings (SSSR count). The van der Waals surface area contributed by atoms with Crippen molar-refractivity contribution < 1.29 is 14.2 Å². The molecule has 0 amide bonds. The molecule has 4 nitrogen and oxygen atoms in total. The number of hydrogen-bond donors (Lipinski definition) is 1. The van der Waals surface area contributed by atoms with E-state index in [1.54, 1.807) is 26.0 Å². The summed E-state index contributed by atoms with van der Waals surface area (Å²) in [4.78, 5) is 0. The highest BCUT2D eigenvalue weighted by atomic mass is 35.6. The lowest BCUT2D eigenvalue weighted by Gasteiger charge is -2.30. The van der Waals surface area contributed by atoms with Gasteiger partial charge in [-0.3, -0.25) is 5.41 Å². The second-order valence-corrected chi connectivity index (χ2v) is 10.5. The van der Waals surface area contributed by atoms with Gasteiger partial charge in [0.15, 0.2) is 0 Å². The lowest BCUT2D eigenvalue weighted by molar-refractivity contribution is 0.182. The molecule has 0 fully saturated rings. The van der Waals surface area contributed by atoms with Crippen molar-refractivity contribution in [2.75, 3.05) is 14.2 Å². The number of benzene rings is 3. The maximum Gasteiger partial charge on any atom is 0.265 e. The lowest BCUT2D eigenvalue weighted by atomic mass is 10.00. The van der Waals surface area contributed by atoms with Gasteiger partial charge in [0.2, 0.25) is 5.90 Å². The average Bonchev–Trinajstić information content (AvgIpc) is 2.83. The van der Waals surface area contributed by atoms with E-state index in [4.69, 9.17) is 54.4 Å². The van der Waals surface area contributed by atoms with Crippen LogP contribution in [0.2, 0.25) is 0 Å². The zero-order chi connectivity index (χ0) is 23.8. The van der Waals surface area contributed by atoms with Gasteiger partial charge in [-0.1, -0.05) is 89.4 Å². The molecule has 0 heterocycles. The highest BCUT2D eigenvalue weighted by molar-refractivity contribution is 7.98. The van der Waals surface area contributed by atoms with Crippen LogP contribution in [0.15, 0.2) is 78.9 Å². The predicted octanol–water partition coefficient (Wildman–Crippen LogP) is 7.78. The molecule has 1 N–H and O–H groups in total. The smallest absolute Gasteiger partial charge is 0.265 e. The Bertz CT molecular complexity index is 1030. The predicted molar refractivity (Wildman–Crippen MR) is 138 cm³/mol. The van der Waals surface area contributed by atoms with Gasteiger partial charge in [-0.15, -0.1) is 11.8 Å². The minimum Gasteiger partial charge on any atom is -0.497 e. The van der Waals surface area contributed by atoms with E-state index < -0.39 is 15.8 Å². The Balaban J connectivity index is 2.01. The summed E-state index contributed by atoms with van der Waals surface area (Å²) in [5, 5.41) is 8.03. The highest BCUT2D eigenvalue weighted by Crippen LogP contribution is 2.46. The standard InChI is InChI=1S/C25H24Cl3NO3S/c1-30-20-12-8-18(9-13-20)22(32-24(29)25(26,27)28)23(19-10-14-21(31-2)15-11-19)33-16-17-6-4-3-5-7-17/h3-15,22-23,29H,16H2,1-2H3/t22-,23-/m1/s1. The number of nitrogens with one attached hydrogen (secondary N) is 1. The average molecular weight is 525 g/mol. The van der Waals surface area contributed by atoms with Crippen LogP contribution in [0.1, 0.15) is 28.0 Å². The largest absolute Gasteiger partial charge is 0.497 e. The zero-order valence-electron chi connectivity index (χ0n) is 18.1. The Labute approximate surface area is 213 Å². The summed E-state index contributed by atoms with van der Waals surface area (Å²) in [5.41, 5.74) is 3.00. The molecule has 0 spiro atoms. The van der Waals surface area contributed by atoms with E-state index >= 15 is 0 Å². The first-order valence-electron chi connectivity index (χ1n) is 10.1. The lowest BCUT2D eigenvalue weighted by Crippen LogP contribution is -2.26. The van der Waals surface area contributed by atoms with Gasteiger partial charge in [0.1, 0.15) is 17.6 Å². The molecule has 0 aliphatic rings. The highest BCUT2D eigenvalue weighted by Gasteiger charge is 2.35. The Morgan fingerprint density at radius 3 is 1.82 bits per heavy atom. The molecule has 174 valence electrons. The second-order valence-electron chi connectivity index (χ2n) is 7.13. The van der Waals surface area contributed by atoms with Gasteiger partial charge in [0.25, 0.3) is 3.79 Å². The number of methoxy groups -OCH3 is 2. The molecule has 0 aromatic heterocycles. The van der Waals surface area contributed by atoms with Crippen LogP contribution in [-0.4, -0.2) is 23.9 Å². The normalized spacial score (nSPS) is 13.1. The van der Waals surface area contributed by atoms with Crippen LogP contribution < -0.4 is 9.47 Å². The molecule has 0 saturated carbocycles. The summed E-state index contributed by atoms with van der Waals surface area (Å²) in [5.74, 6) is 1.76. The minimum atomic E-state index is -1.97. The first-order valence-corrected chi connectivity index (χ1v) is 12.3. The monoisotopic (exact) mass is 523 g/mol. The van der Waals surface area contributed by atoms with E-state index in [9.17, 15) is 0 Å². The van der Waals surface area contributed by atoms with Crippen LogP contribution >= 0.6 is 46.6 Å². The topological polar surface area (TPSA) is 51.5 Å². The van der Waals surface area contributed by atoms with Crippen molar-refractivity contribution in [3.8, 4) is 11.5 Å². The fourth-order valence-electron chi connectivity index (χ4n) is 3.20. The minimum absolute atomic E-state index is 0.211. The molecule has 0 saturated heterocycles. The molecular weight excluding hydrogens is 501 g/mol. The first kappa shape index (κ1) is 25.6. The zero-order valence-corrected chi connectivity index (χ0v) is 21.2. The fraction of sp³-hybridized carbons (Fsp3) is 0.240. The van der Waals surface area contributed by atoms with Crippen molar-refractivity contribution in [3.63, 3.8) is 0 Å². The Morgan fingerprint density at radius 1 is 0.818 bits per heavy atom. The number of rotatable bonds is 9. The Hall–Kier alpha value is -2.05. The molecule has 0 aliphatic heterocycles.